The highest BCUT2D eigenvalue weighted by Gasteiger charge is 2.09. The highest BCUT2D eigenvalue weighted by atomic mass is 35.5. The molecule has 0 atom stereocenters. The van der Waals surface area contributed by atoms with E-state index in [4.69, 9.17) is 27.6 Å². The fraction of sp³-hybridized carbons (Fsp3) is 0.143. The summed E-state index contributed by atoms with van der Waals surface area (Å²) in [5.74, 6) is 1.57. The lowest BCUT2D eigenvalue weighted by Crippen LogP contribution is -2.11. The predicted octanol–water partition coefficient (Wildman–Crippen LogP) is 4.53. The molecule has 1 aromatic heterocycles. The van der Waals surface area contributed by atoms with Crippen molar-refractivity contribution in [3.63, 3.8) is 0 Å². The van der Waals surface area contributed by atoms with Gasteiger partial charge >= 0.3 is 0 Å². The van der Waals surface area contributed by atoms with Crippen molar-refractivity contribution in [3.05, 3.63) is 58.8 Å². The molecule has 0 saturated heterocycles. The lowest BCUT2D eigenvalue weighted by molar-refractivity contribution is 0.502. The van der Waals surface area contributed by atoms with E-state index in [-0.39, 0.29) is 0 Å². The number of nitrogens with one attached hydrogen (secondary N) is 1. The van der Waals surface area contributed by atoms with Crippen molar-refractivity contribution in [2.45, 2.75) is 6.54 Å². The van der Waals surface area contributed by atoms with Gasteiger partial charge in [-0.2, -0.15) is 0 Å². The lowest BCUT2D eigenvalue weighted by Gasteiger charge is -2.02. The van der Waals surface area contributed by atoms with Crippen molar-refractivity contribution in [1.29, 1.82) is 0 Å². The van der Waals surface area contributed by atoms with Gasteiger partial charge in [0.1, 0.15) is 11.5 Å². The molecule has 0 aliphatic rings. The van der Waals surface area contributed by atoms with Gasteiger partial charge in [0, 0.05) is 17.1 Å². The fourth-order valence-electron chi connectivity index (χ4n) is 1.60. The summed E-state index contributed by atoms with van der Waals surface area (Å²) in [6, 6.07) is 9.12. The van der Waals surface area contributed by atoms with Gasteiger partial charge in [-0.3, -0.25) is 0 Å². The molecule has 4 heteroatoms. The summed E-state index contributed by atoms with van der Waals surface area (Å²) in [6.45, 7) is 5.04. The third-order valence-corrected chi connectivity index (χ3v) is 3.01. The SMILES string of the molecule is C=CCNCc1ccc(-c2cc(Cl)ccc2Cl)o1. The van der Waals surface area contributed by atoms with Crippen molar-refractivity contribution < 1.29 is 4.42 Å². The molecule has 1 heterocycles. The van der Waals surface area contributed by atoms with Crippen LogP contribution in [0.4, 0.5) is 0 Å². The van der Waals surface area contributed by atoms with Crippen LogP contribution in [0.3, 0.4) is 0 Å². The first kappa shape index (κ1) is 13.2. The molecule has 1 N–H and O–H groups in total. The molecule has 18 heavy (non-hydrogen) atoms. The molecule has 0 aliphatic heterocycles. The average molecular weight is 282 g/mol. The Morgan fingerprint density at radius 1 is 1.22 bits per heavy atom. The Hall–Kier alpha value is -1.22. The first-order chi connectivity index (χ1) is 8.70. The number of halogens is 2. The van der Waals surface area contributed by atoms with Gasteiger partial charge in [-0.25, -0.2) is 0 Å². The molecule has 94 valence electrons. The summed E-state index contributed by atoms with van der Waals surface area (Å²) in [7, 11) is 0. The van der Waals surface area contributed by atoms with E-state index in [2.05, 4.69) is 11.9 Å². The van der Waals surface area contributed by atoms with Gasteiger partial charge in [-0.15, -0.1) is 6.58 Å². The van der Waals surface area contributed by atoms with Crippen molar-refractivity contribution in [1.82, 2.24) is 5.32 Å². The van der Waals surface area contributed by atoms with Crippen LogP contribution >= 0.6 is 23.2 Å². The standard InChI is InChI=1S/C14H13Cl2NO/c1-2-7-17-9-11-4-6-14(18-11)12-8-10(15)3-5-13(12)16/h2-6,8,17H,1,7,9H2. The van der Waals surface area contributed by atoms with E-state index >= 15 is 0 Å². The molecule has 0 spiro atoms. The average Bonchev–Trinajstić information content (AvgIpc) is 2.81. The van der Waals surface area contributed by atoms with E-state index in [0.29, 0.717) is 16.6 Å². The number of hydrogen-bond acceptors (Lipinski definition) is 2. The van der Waals surface area contributed by atoms with Crippen LogP contribution in [0.15, 0.2) is 47.4 Å². The molecule has 0 radical (unpaired) electrons. The highest BCUT2D eigenvalue weighted by Crippen LogP contribution is 2.31. The van der Waals surface area contributed by atoms with E-state index < -0.39 is 0 Å². The molecule has 0 fully saturated rings. The lowest BCUT2D eigenvalue weighted by atomic mass is 10.2. The zero-order valence-corrected chi connectivity index (χ0v) is 11.3. The molecular formula is C14H13Cl2NO. The van der Waals surface area contributed by atoms with Gasteiger partial charge in [-0.1, -0.05) is 29.3 Å². The Morgan fingerprint density at radius 2 is 2.06 bits per heavy atom. The van der Waals surface area contributed by atoms with Gasteiger partial charge in [0.2, 0.25) is 0 Å². The van der Waals surface area contributed by atoms with E-state index in [0.717, 1.165) is 23.6 Å². The molecule has 2 nitrogen and oxygen atoms in total. The van der Waals surface area contributed by atoms with Crippen molar-refractivity contribution in [3.8, 4) is 11.3 Å². The van der Waals surface area contributed by atoms with Crippen molar-refractivity contribution >= 4 is 23.2 Å². The number of rotatable bonds is 5. The smallest absolute Gasteiger partial charge is 0.135 e. The summed E-state index contributed by atoms with van der Waals surface area (Å²) >= 11 is 12.1. The third kappa shape index (κ3) is 3.16. The van der Waals surface area contributed by atoms with Crippen molar-refractivity contribution in [2.75, 3.05) is 6.54 Å². The molecule has 1 aromatic carbocycles. The maximum absolute atomic E-state index is 6.12. The summed E-state index contributed by atoms with van der Waals surface area (Å²) in [6.07, 6.45) is 1.80. The number of hydrogen-bond donors (Lipinski definition) is 1. The molecular weight excluding hydrogens is 269 g/mol. The van der Waals surface area contributed by atoms with Crippen LogP contribution in [0.1, 0.15) is 5.76 Å². The van der Waals surface area contributed by atoms with Gasteiger partial charge in [-0.05, 0) is 30.3 Å². The minimum Gasteiger partial charge on any atom is -0.460 e. The van der Waals surface area contributed by atoms with Gasteiger partial charge in [0.15, 0.2) is 0 Å². The molecule has 2 rings (SSSR count). The number of furan rings is 1. The molecule has 0 amide bonds. The molecule has 2 aromatic rings. The monoisotopic (exact) mass is 281 g/mol. The van der Waals surface area contributed by atoms with Crippen LogP contribution in [-0.2, 0) is 6.54 Å². The fourth-order valence-corrected chi connectivity index (χ4v) is 1.98. The second-order valence-corrected chi connectivity index (χ2v) is 4.65. The van der Waals surface area contributed by atoms with Gasteiger partial charge in [0.05, 0.1) is 11.6 Å². The maximum atomic E-state index is 6.12. The normalized spacial score (nSPS) is 10.6. The Morgan fingerprint density at radius 3 is 2.83 bits per heavy atom. The Bertz CT molecular complexity index is 548. The topological polar surface area (TPSA) is 25.2 Å². The number of benzene rings is 1. The van der Waals surface area contributed by atoms with Crippen LogP contribution in [-0.4, -0.2) is 6.54 Å². The van der Waals surface area contributed by atoms with Crippen molar-refractivity contribution in [2.24, 2.45) is 0 Å². The van der Waals surface area contributed by atoms with E-state index in [1.165, 1.54) is 0 Å². The van der Waals surface area contributed by atoms with Crippen LogP contribution in [0.25, 0.3) is 11.3 Å². The largest absolute Gasteiger partial charge is 0.460 e. The first-order valence-corrected chi connectivity index (χ1v) is 6.32. The molecule has 0 aliphatic carbocycles. The Labute approximate surface area is 116 Å². The maximum Gasteiger partial charge on any atom is 0.135 e. The van der Waals surface area contributed by atoms with Gasteiger partial charge < -0.3 is 9.73 Å². The zero-order valence-electron chi connectivity index (χ0n) is 9.75. The minimum absolute atomic E-state index is 0.624. The Kier molecular flexibility index (Phi) is 4.48. The highest BCUT2D eigenvalue weighted by molar-refractivity contribution is 6.35. The quantitative estimate of drug-likeness (QED) is 0.644. The first-order valence-electron chi connectivity index (χ1n) is 5.56. The van der Waals surface area contributed by atoms with E-state index in [1.54, 1.807) is 24.3 Å². The summed E-state index contributed by atoms with van der Waals surface area (Å²) in [4.78, 5) is 0. The summed E-state index contributed by atoms with van der Waals surface area (Å²) in [5.41, 5.74) is 0.805. The molecule has 0 bridgehead atoms. The van der Waals surface area contributed by atoms with Gasteiger partial charge in [0.25, 0.3) is 0 Å². The molecule has 0 saturated carbocycles. The summed E-state index contributed by atoms with van der Waals surface area (Å²) < 4.78 is 5.71. The van der Waals surface area contributed by atoms with E-state index in [1.807, 2.05) is 12.1 Å². The Balaban J connectivity index is 2.18. The van der Waals surface area contributed by atoms with E-state index in [9.17, 15) is 0 Å². The van der Waals surface area contributed by atoms with Crippen LogP contribution < -0.4 is 5.32 Å². The van der Waals surface area contributed by atoms with Crippen LogP contribution in [0.2, 0.25) is 10.0 Å². The molecule has 0 unspecified atom stereocenters. The second kappa shape index (κ2) is 6.10. The summed E-state index contributed by atoms with van der Waals surface area (Å²) in [5, 5.41) is 4.43. The second-order valence-electron chi connectivity index (χ2n) is 3.81. The third-order valence-electron chi connectivity index (χ3n) is 2.44. The minimum atomic E-state index is 0.624. The predicted molar refractivity (Wildman–Crippen MR) is 76.1 cm³/mol. The van der Waals surface area contributed by atoms with Crippen LogP contribution in [0.5, 0.6) is 0 Å². The van der Waals surface area contributed by atoms with Crippen LogP contribution in [0, 0.1) is 0 Å². The zero-order chi connectivity index (χ0) is 13.0.